The fourth-order valence-corrected chi connectivity index (χ4v) is 2.64. The molecule has 0 heterocycles. The van der Waals surface area contributed by atoms with Crippen LogP contribution in [0.5, 0.6) is 0 Å². The summed E-state index contributed by atoms with van der Waals surface area (Å²) in [4.78, 5) is 11.3. The van der Waals surface area contributed by atoms with Crippen LogP contribution in [0, 0.1) is 0 Å². The first-order valence-corrected chi connectivity index (χ1v) is 10.1. The van der Waals surface area contributed by atoms with E-state index < -0.39 is 19.8 Å². The van der Waals surface area contributed by atoms with E-state index in [4.69, 9.17) is 10.2 Å². The number of carboxylic acids is 1. The van der Waals surface area contributed by atoms with Crippen molar-refractivity contribution in [1.82, 2.24) is 0 Å². The number of aliphatic carboxylic acids is 1. The molecule has 0 aliphatic carbocycles. The second-order valence-corrected chi connectivity index (χ2v) is 11.8. The number of nitrogens with two attached hydrogens (primary N) is 1. The van der Waals surface area contributed by atoms with Crippen LogP contribution in [0.15, 0.2) is 12.2 Å². The van der Waals surface area contributed by atoms with E-state index in [2.05, 4.69) is 33.9 Å². The van der Waals surface area contributed by atoms with Crippen LogP contribution in [0.4, 0.5) is 0 Å². The molecule has 0 amide bonds. The van der Waals surface area contributed by atoms with Gasteiger partial charge in [0.25, 0.3) is 0 Å². The molecule has 118 valence electrons. The van der Waals surface area contributed by atoms with Gasteiger partial charge in [0.05, 0.1) is 0 Å². The molecule has 0 aromatic rings. The topological polar surface area (TPSA) is 72.5 Å². The van der Waals surface area contributed by atoms with Crippen molar-refractivity contribution in [3.05, 3.63) is 12.2 Å². The van der Waals surface area contributed by atoms with E-state index in [1.165, 1.54) is 0 Å². The van der Waals surface area contributed by atoms with Gasteiger partial charge < -0.3 is 15.3 Å². The molecule has 5 heteroatoms. The Bertz CT molecular complexity index is 348. The normalized spacial score (nSPS) is 16.4. The number of hydrogen-bond acceptors (Lipinski definition) is 3. The maximum absolute atomic E-state index is 11.3. The first kappa shape index (κ1) is 19.3. The van der Waals surface area contributed by atoms with Crippen LogP contribution >= 0.6 is 0 Å². The van der Waals surface area contributed by atoms with E-state index >= 15 is 0 Å². The maximum Gasteiger partial charge on any atom is 0.323 e. The van der Waals surface area contributed by atoms with Crippen molar-refractivity contribution >= 4 is 14.3 Å². The molecule has 20 heavy (non-hydrogen) atoms. The molecule has 1 unspecified atom stereocenters. The smallest absolute Gasteiger partial charge is 0.323 e. The summed E-state index contributed by atoms with van der Waals surface area (Å²) in [6, 6.07) is 0. The SMILES string of the molecule is C/C=C/CC(N)(CCCO[Si](C)(C)C(C)(C)C)C(=O)O. The van der Waals surface area contributed by atoms with Crippen molar-refractivity contribution in [2.24, 2.45) is 5.73 Å². The second-order valence-electron chi connectivity index (χ2n) is 6.95. The van der Waals surface area contributed by atoms with Crippen molar-refractivity contribution in [3.8, 4) is 0 Å². The Morgan fingerprint density at radius 3 is 2.30 bits per heavy atom. The lowest BCUT2D eigenvalue weighted by molar-refractivity contribution is -0.143. The summed E-state index contributed by atoms with van der Waals surface area (Å²) in [6.07, 6.45) is 5.10. The Hall–Kier alpha value is -0.653. The van der Waals surface area contributed by atoms with Crippen LogP contribution in [-0.4, -0.2) is 31.5 Å². The number of rotatable bonds is 8. The van der Waals surface area contributed by atoms with E-state index in [9.17, 15) is 9.90 Å². The molecule has 0 bridgehead atoms. The lowest BCUT2D eigenvalue weighted by Gasteiger charge is -2.36. The zero-order valence-electron chi connectivity index (χ0n) is 13.8. The highest BCUT2D eigenvalue weighted by atomic mass is 28.4. The average Bonchev–Trinajstić information content (AvgIpc) is 2.30. The minimum absolute atomic E-state index is 0.171. The third-order valence-electron chi connectivity index (χ3n) is 4.18. The summed E-state index contributed by atoms with van der Waals surface area (Å²) in [5.74, 6) is -0.942. The lowest BCUT2D eigenvalue weighted by atomic mass is 9.91. The molecule has 1 atom stereocenters. The minimum Gasteiger partial charge on any atom is -0.480 e. The maximum atomic E-state index is 11.3. The third kappa shape index (κ3) is 5.77. The quantitative estimate of drug-likeness (QED) is 0.408. The second kappa shape index (κ2) is 7.38. The summed E-state index contributed by atoms with van der Waals surface area (Å²) < 4.78 is 6.05. The van der Waals surface area contributed by atoms with E-state index in [-0.39, 0.29) is 5.04 Å². The standard InChI is InChI=1S/C15H31NO3Si/c1-7-8-10-15(16,13(17)18)11-9-12-19-20(5,6)14(2,3)4/h7-8H,9-12,16H2,1-6H3,(H,17,18)/b8-7+. The molecule has 0 aliphatic rings. The van der Waals surface area contributed by atoms with Gasteiger partial charge >= 0.3 is 5.97 Å². The van der Waals surface area contributed by atoms with E-state index in [1.807, 2.05) is 19.1 Å². The predicted molar refractivity (Wildman–Crippen MR) is 86.4 cm³/mol. The van der Waals surface area contributed by atoms with Crippen LogP contribution in [0.1, 0.15) is 47.0 Å². The molecule has 0 fully saturated rings. The first-order chi connectivity index (χ1) is 8.96. The van der Waals surface area contributed by atoms with Gasteiger partial charge in [0.1, 0.15) is 5.54 Å². The number of hydrogen-bond donors (Lipinski definition) is 2. The number of allylic oxidation sites excluding steroid dienone is 1. The minimum atomic E-state index is -1.76. The van der Waals surface area contributed by atoms with Crippen molar-refractivity contribution in [2.75, 3.05) is 6.61 Å². The van der Waals surface area contributed by atoms with Gasteiger partial charge in [0.2, 0.25) is 0 Å². The molecule has 0 saturated carbocycles. The van der Waals surface area contributed by atoms with Crippen molar-refractivity contribution in [2.45, 2.75) is 70.6 Å². The predicted octanol–water partition coefficient (Wildman–Crippen LogP) is 3.54. The molecule has 0 spiro atoms. The molecular weight excluding hydrogens is 270 g/mol. The van der Waals surface area contributed by atoms with Crippen LogP contribution in [0.25, 0.3) is 0 Å². The molecule has 4 nitrogen and oxygen atoms in total. The fourth-order valence-electron chi connectivity index (χ4n) is 1.56. The highest BCUT2D eigenvalue weighted by Gasteiger charge is 2.37. The Morgan fingerprint density at radius 2 is 1.90 bits per heavy atom. The molecule has 3 N–H and O–H groups in total. The van der Waals surface area contributed by atoms with E-state index in [1.54, 1.807) is 0 Å². The highest BCUT2D eigenvalue weighted by Crippen LogP contribution is 2.36. The Morgan fingerprint density at radius 1 is 1.35 bits per heavy atom. The van der Waals surface area contributed by atoms with Gasteiger partial charge in [0.15, 0.2) is 8.32 Å². The van der Waals surface area contributed by atoms with Crippen LogP contribution in [-0.2, 0) is 9.22 Å². The number of carbonyl (C=O) groups is 1. The molecule has 0 radical (unpaired) electrons. The molecule has 0 aromatic heterocycles. The van der Waals surface area contributed by atoms with E-state index in [0.717, 1.165) is 0 Å². The van der Waals surface area contributed by atoms with Gasteiger partial charge in [-0.1, -0.05) is 32.9 Å². The third-order valence-corrected chi connectivity index (χ3v) is 8.72. The Kier molecular flexibility index (Phi) is 7.14. The average molecular weight is 302 g/mol. The summed E-state index contributed by atoms with van der Waals surface area (Å²) >= 11 is 0. The monoisotopic (exact) mass is 301 g/mol. The number of carboxylic acid groups (broad SMARTS) is 1. The van der Waals surface area contributed by atoms with Crippen molar-refractivity contribution in [1.29, 1.82) is 0 Å². The zero-order valence-corrected chi connectivity index (χ0v) is 14.8. The van der Waals surface area contributed by atoms with Crippen LogP contribution in [0.3, 0.4) is 0 Å². The zero-order chi connectivity index (χ0) is 16.0. The highest BCUT2D eigenvalue weighted by molar-refractivity contribution is 6.74. The molecule has 0 aliphatic heterocycles. The molecular formula is C15H31NO3Si. The fraction of sp³-hybridized carbons (Fsp3) is 0.800. The lowest BCUT2D eigenvalue weighted by Crippen LogP contribution is -2.48. The summed E-state index contributed by atoms with van der Waals surface area (Å²) in [7, 11) is -1.76. The molecule has 0 saturated heterocycles. The first-order valence-electron chi connectivity index (χ1n) is 7.24. The summed E-state index contributed by atoms with van der Waals surface area (Å²) in [5, 5.41) is 9.43. The van der Waals surface area contributed by atoms with Gasteiger partial charge in [-0.25, -0.2) is 0 Å². The van der Waals surface area contributed by atoms with Gasteiger partial charge in [-0.3, -0.25) is 4.79 Å². The van der Waals surface area contributed by atoms with Crippen molar-refractivity contribution < 1.29 is 14.3 Å². The van der Waals surface area contributed by atoms with Gasteiger partial charge in [0, 0.05) is 6.61 Å². The van der Waals surface area contributed by atoms with Crippen LogP contribution < -0.4 is 5.73 Å². The van der Waals surface area contributed by atoms with Gasteiger partial charge in [-0.15, -0.1) is 0 Å². The largest absolute Gasteiger partial charge is 0.480 e. The molecule has 0 rings (SSSR count). The van der Waals surface area contributed by atoms with Crippen LogP contribution in [0.2, 0.25) is 18.1 Å². The summed E-state index contributed by atoms with van der Waals surface area (Å²) in [6.45, 7) is 13.4. The van der Waals surface area contributed by atoms with Crippen molar-refractivity contribution in [3.63, 3.8) is 0 Å². The Balaban J connectivity index is 4.37. The Labute approximate surface area is 124 Å². The van der Waals surface area contributed by atoms with Gasteiger partial charge in [-0.2, -0.15) is 0 Å². The van der Waals surface area contributed by atoms with E-state index in [0.29, 0.717) is 25.9 Å². The van der Waals surface area contributed by atoms with Gasteiger partial charge in [-0.05, 0) is 44.3 Å². The molecule has 0 aromatic carbocycles. The summed E-state index contributed by atoms with van der Waals surface area (Å²) in [5.41, 5.74) is 4.79.